The van der Waals surface area contributed by atoms with E-state index in [1.807, 2.05) is 11.6 Å². The highest BCUT2D eigenvalue weighted by molar-refractivity contribution is 5.24. The summed E-state index contributed by atoms with van der Waals surface area (Å²) in [5.41, 5.74) is 3.46. The Morgan fingerprint density at radius 2 is 2.08 bits per heavy atom. The second kappa shape index (κ2) is 4.42. The van der Waals surface area contributed by atoms with Gasteiger partial charge in [-0.05, 0) is 32.3 Å². The maximum absolute atomic E-state index is 8.87. The van der Waals surface area contributed by atoms with E-state index < -0.39 is 0 Å². The molecule has 0 aliphatic heterocycles. The van der Waals surface area contributed by atoms with Gasteiger partial charge >= 0.3 is 0 Å². The summed E-state index contributed by atoms with van der Waals surface area (Å²) in [5, 5.41) is 13.3. The molecule has 0 aliphatic rings. The predicted molar refractivity (Wildman–Crippen MR) is 52.8 cm³/mol. The second-order valence-electron chi connectivity index (χ2n) is 3.35. The highest BCUT2D eigenvalue weighted by Gasteiger charge is 2.09. The van der Waals surface area contributed by atoms with E-state index in [1.54, 1.807) is 0 Å². The SMILES string of the molecule is CCCn1nc(C)c(CCO)c1C. The van der Waals surface area contributed by atoms with E-state index in [1.165, 1.54) is 11.3 Å². The molecule has 1 N–H and O–H groups in total. The monoisotopic (exact) mass is 182 g/mol. The van der Waals surface area contributed by atoms with Crippen LogP contribution in [-0.4, -0.2) is 21.5 Å². The predicted octanol–water partition coefficient (Wildman–Crippen LogP) is 1.44. The van der Waals surface area contributed by atoms with Crippen LogP contribution in [0.15, 0.2) is 0 Å². The third kappa shape index (κ3) is 2.10. The van der Waals surface area contributed by atoms with Crippen molar-refractivity contribution in [2.75, 3.05) is 6.61 Å². The number of rotatable bonds is 4. The Morgan fingerprint density at radius 1 is 1.38 bits per heavy atom. The molecule has 1 aromatic rings. The lowest BCUT2D eigenvalue weighted by atomic mass is 10.1. The van der Waals surface area contributed by atoms with Gasteiger partial charge in [-0.15, -0.1) is 0 Å². The van der Waals surface area contributed by atoms with Crippen LogP contribution in [0.2, 0.25) is 0 Å². The molecule has 1 rings (SSSR count). The van der Waals surface area contributed by atoms with Gasteiger partial charge in [-0.1, -0.05) is 6.92 Å². The Labute approximate surface area is 79.4 Å². The molecule has 1 aromatic heterocycles. The van der Waals surface area contributed by atoms with E-state index in [2.05, 4.69) is 18.9 Å². The van der Waals surface area contributed by atoms with Crippen LogP contribution in [0.4, 0.5) is 0 Å². The minimum atomic E-state index is 0.208. The van der Waals surface area contributed by atoms with Gasteiger partial charge in [0.15, 0.2) is 0 Å². The van der Waals surface area contributed by atoms with Gasteiger partial charge in [0, 0.05) is 18.8 Å². The van der Waals surface area contributed by atoms with Crippen LogP contribution in [0.3, 0.4) is 0 Å². The summed E-state index contributed by atoms with van der Waals surface area (Å²) in [4.78, 5) is 0. The molecule has 0 radical (unpaired) electrons. The first kappa shape index (κ1) is 10.3. The van der Waals surface area contributed by atoms with E-state index in [4.69, 9.17) is 5.11 Å². The van der Waals surface area contributed by atoms with Gasteiger partial charge in [0.2, 0.25) is 0 Å². The average molecular weight is 182 g/mol. The molecule has 0 aliphatic carbocycles. The lowest BCUT2D eigenvalue weighted by Gasteiger charge is -2.02. The average Bonchev–Trinajstić information content (AvgIpc) is 2.34. The maximum atomic E-state index is 8.87. The minimum Gasteiger partial charge on any atom is -0.396 e. The second-order valence-corrected chi connectivity index (χ2v) is 3.35. The molecule has 0 amide bonds. The van der Waals surface area contributed by atoms with Crippen molar-refractivity contribution in [1.82, 2.24) is 9.78 Å². The summed E-state index contributed by atoms with van der Waals surface area (Å²) in [7, 11) is 0. The van der Waals surface area contributed by atoms with Gasteiger partial charge in [-0.25, -0.2) is 0 Å². The zero-order valence-electron chi connectivity index (χ0n) is 8.67. The number of aromatic nitrogens is 2. The van der Waals surface area contributed by atoms with E-state index in [9.17, 15) is 0 Å². The van der Waals surface area contributed by atoms with Crippen molar-refractivity contribution in [1.29, 1.82) is 0 Å². The molecule has 3 heteroatoms. The number of aliphatic hydroxyl groups is 1. The molecule has 13 heavy (non-hydrogen) atoms. The highest BCUT2D eigenvalue weighted by atomic mass is 16.2. The molecule has 0 atom stereocenters. The van der Waals surface area contributed by atoms with E-state index in [-0.39, 0.29) is 6.61 Å². The molecule has 0 aromatic carbocycles. The molecule has 0 saturated carbocycles. The molecule has 0 saturated heterocycles. The van der Waals surface area contributed by atoms with E-state index in [0.29, 0.717) is 0 Å². The van der Waals surface area contributed by atoms with Crippen molar-refractivity contribution in [2.45, 2.75) is 40.2 Å². The molecule has 1 heterocycles. The van der Waals surface area contributed by atoms with Crippen molar-refractivity contribution in [2.24, 2.45) is 0 Å². The van der Waals surface area contributed by atoms with Crippen LogP contribution in [0.1, 0.15) is 30.3 Å². The fraction of sp³-hybridized carbons (Fsp3) is 0.700. The first-order valence-electron chi connectivity index (χ1n) is 4.84. The highest BCUT2D eigenvalue weighted by Crippen LogP contribution is 2.13. The molecule has 0 spiro atoms. The molecular weight excluding hydrogens is 164 g/mol. The summed E-state index contributed by atoms with van der Waals surface area (Å²) >= 11 is 0. The Bertz CT molecular complexity index is 279. The number of aliphatic hydroxyl groups excluding tert-OH is 1. The summed E-state index contributed by atoms with van der Waals surface area (Å²) in [6.45, 7) is 7.39. The molecule has 0 bridgehead atoms. The van der Waals surface area contributed by atoms with Crippen molar-refractivity contribution >= 4 is 0 Å². The Kier molecular flexibility index (Phi) is 3.48. The van der Waals surface area contributed by atoms with Gasteiger partial charge in [0.1, 0.15) is 0 Å². The number of nitrogens with zero attached hydrogens (tertiary/aromatic N) is 2. The standard InChI is InChI=1S/C10H18N2O/c1-4-6-12-9(3)10(5-7-13)8(2)11-12/h13H,4-7H2,1-3H3. The number of hydrogen-bond acceptors (Lipinski definition) is 2. The minimum absolute atomic E-state index is 0.208. The van der Waals surface area contributed by atoms with Crippen molar-refractivity contribution in [3.05, 3.63) is 17.0 Å². The van der Waals surface area contributed by atoms with Gasteiger partial charge in [-0.2, -0.15) is 5.10 Å². The van der Waals surface area contributed by atoms with Crippen LogP contribution < -0.4 is 0 Å². The molecular formula is C10H18N2O. The smallest absolute Gasteiger partial charge is 0.0629 e. The fourth-order valence-corrected chi connectivity index (χ4v) is 1.64. The lowest BCUT2D eigenvalue weighted by molar-refractivity contribution is 0.299. The van der Waals surface area contributed by atoms with Crippen molar-refractivity contribution < 1.29 is 5.11 Å². The quantitative estimate of drug-likeness (QED) is 0.765. The zero-order valence-corrected chi connectivity index (χ0v) is 8.67. The number of aryl methyl sites for hydroxylation is 2. The first-order chi connectivity index (χ1) is 6.20. The molecule has 0 unspecified atom stereocenters. The fourth-order valence-electron chi connectivity index (χ4n) is 1.64. The zero-order chi connectivity index (χ0) is 9.84. The largest absolute Gasteiger partial charge is 0.396 e. The van der Waals surface area contributed by atoms with Crippen LogP contribution >= 0.6 is 0 Å². The summed E-state index contributed by atoms with van der Waals surface area (Å²) in [5.74, 6) is 0. The van der Waals surface area contributed by atoms with Crippen LogP contribution in [-0.2, 0) is 13.0 Å². The van der Waals surface area contributed by atoms with Crippen molar-refractivity contribution in [3.8, 4) is 0 Å². The third-order valence-electron chi connectivity index (χ3n) is 2.33. The third-order valence-corrected chi connectivity index (χ3v) is 2.33. The van der Waals surface area contributed by atoms with Gasteiger partial charge in [0.05, 0.1) is 5.69 Å². The normalized spacial score (nSPS) is 10.8. The van der Waals surface area contributed by atoms with E-state index >= 15 is 0 Å². The summed E-state index contributed by atoms with van der Waals surface area (Å²) < 4.78 is 2.03. The Balaban J connectivity index is 2.92. The summed E-state index contributed by atoms with van der Waals surface area (Å²) in [6.07, 6.45) is 1.82. The molecule has 0 fully saturated rings. The Hall–Kier alpha value is -0.830. The first-order valence-corrected chi connectivity index (χ1v) is 4.84. The topological polar surface area (TPSA) is 38.0 Å². The maximum Gasteiger partial charge on any atom is 0.0629 e. The van der Waals surface area contributed by atoms with Crippen LogP contribution in [0.25, 0.3) is 0 Å². The lowest BCUT2D eigenvalue weighted by Crippen LogP contribution is -2.02. The van der Waals surface area contributed by atoms with Gasteiger partial charge < -0.3 is 5.11 Å². The van der Waals surface area contributed by atoms with Gasteiger partial charge in [0.25, 0.3) is 0 Å². The van der Waals surface area contributed by atoms with Crippen LogP contribution in [0, 0.1) is 13.8 Å². The van der Waals surface area contributed by atoms with Crippen molar-refractivity contribution in [3.63, 3.8) is 0 Å². The number of hydrogen-bond donors (Lipinski definition) is 1. The molecule has 74 valence electrons. The Morgan fingerprint density at radius 3 is 2.62 bits per heavy atom. The van der Waals surface area contributed by atoms with E-state index in [0.717, 1.165) is 25.1 Å². The van der Waals surface area contributed by atoms with Gasteiger partial charge in [-0.3, -0.25) is 4.68 Å². The van der Waals surface area contributed by atoms with Crippen LogP contribution in [0.5, 0.6) is 0 Å². The summed E-state index contributed by atoms with van der Waals surface area (Å²) in [6, 6.07) is 0. The molecule has 3 nitrogen and oxygen atoms in total.